The van der Waals surface area contributed by atoms with Crippen LogP contribution in [0.3, 0.4) is 0 Å². The molecule has 1 atom stereocenters. The predicted molar refractivity (Wildman–Crippen MR) is 63.6 cm³/mol. The highest BCUT2D eigenvalue weighted by atomic mass is 16.5. The molecule has 0 bridgehead atoms. The first kappa shape index (κ1) is 10.9. The summed E-state index contributed by atoms with van der Waals surface area (Å²) in [5, 5.41) is 3.29. The molecule has 0 N–H and O–H groups in total. The maximum Gasteiger partial charge on any atom is 0.146 e. The third-order valence-electron chi connectivity index (χ3n) is 3.29. The van der Waals surface area contributed by atoms with Gasteiger partial charge in [0.2, 0.25) is 0 Å². The number of fused-ring (bicyclic) bond motifs is 1. The maximum absolute atomic E-state index is 11.1. The van der Waals surface area contributed by atoms with Gasteiger partial charge in [0.05, 0.1) is 7.11 Å². The molecule has 0 aliphatic heterocycles. The molecule has 0 heterocycles. The van der Waals surface area contributed by atoms with Gasteiger partial charge in [-0.2, -0.15) is 0 Å². The first-order valence-electron chi connectivity index (χ1n) is 5.41. The van der Waals surface area contributed by atoms with Gasteiger partial charge in [-0.3, -0.25) is 0 Å². The molecule has 1 aromatic rings. The van der Waals surface area contributed by atoms with Crippen molar-refractivity contribution in [3.05, 3.63) is 46.9 Å². The minimum atomic E-state index is -0.762. The normalized spacial score (nSPS) is 23.3. The molecule has 1 aromatic carbocycles. The monoisotopic (exact) mass is 217 g/mol. The number of benzene rings is 1. The van der Waals surface area contributed by atoms with Crippen molar-refractivity contribution in [1.82, 2.24) is 0 Å². The van der Waals surface area contributed by atoms with E-state index in [-0.39, 0.29) is 0 Å². The summed E-state index contributed by atoms with van der Waals surface area (Å²) in [6.45, 7) is 3.75. The maximum atomic E-state index is 11.1. The Balaban J connectivity index is 2.58. The highest BCUT2D eigenvalue weighted by molar-refractivity contribution is 5.44. The van der Waals surface area contributed by atoms with E-state index >= 15 is 0 Å². The lowest BCUT2D eigenvalue weighted by Gasteiger charge is -2.30. The van der Waals surface area contributed by atoms with Crippen LogP contribution in [0.1, 0.15) is 24.0 Å². The van der Waals surface area contributed by atoms with Crippen molar-refractivity contribution < 1.29 is 4.74 Å². The number of hydrogen-bond donors (Lipinski definition) is 0. The second-order valence-electron chi connectivity index (χ2n) is 4.10. The van der Waals surface area contributed by atoms with E-state index in [9.17, 15) is 4.91 Å². The summed E-state index contributed by atoms with van der Waals surface area (Å²) in [5.41, 5.74) is 1.36. The predicted octanol–water partition coefficient (Wildman–Crippen LogP) is 3.18. The van der Waals surface area contributed by atoms with Gasteiger partial charge in [-0.1, -0.05) is 17.3 Å². The Morgan fingerprint density at radius 1 is 1.56 bits per heavy atom. The second kappa shape index (κ2) is 4.08. The minimum absolute atomic E-state index is 0.736. The molecule has 2 rings (SSSR count). The molecule has 1 aliphatic carbocycles. The zero-order chi connectivity index (χ0) is 11.6. The Morgan fingerprint density at radius 3 is 3.00 bits per heavy atom. The Labute approximate surface area is 95.1 Å². The Hall–Kier alpha value is -1.64. The van der Waals surface area contributed by atoms with E-state index in [4.69, 9.17) is 4.74 Å². The highest BCUT2D eigenvalue weighted by Crippen LogP contribution is 2.40. The molecule has 3 heteroatoms. The SMILES string of the molecule is C=CC1(N=O)CCCc2ccc(OC)cc21. The summed E-state index contributed by atoms with van der Waals surface area (Å²) in [6.07, 6.45) is 4.35. The summed E-state index contributed by atoms with van der Waals surface area (Å²) in [6, 6.07) is 5.83. The van der Waals surface area contributed by atoms with Gasteiger partial charge in [-0.25, -0.2) is 0 Å². The first-order valence-corrected chi connectivity index (χ1v) is 5.41. The van der Waals surface area contributed by atoms with Crippen LogP contribution in [0.4, 0.5) is 0 Å². The van der Waals surface area contributed by atoms with E-state index in [0.717, 1.165) is 30.6 Å². The van der Waals surface area contributed by atoms with Crippen LogP contribution in [-0.2, 0) is 12.0 Å². The second-order valence-corrected chi connectivity index (χ2v) is 4.10. The molecule has 3 nitrogen and oxygen atoms in total. The van der Waals surface area contributed by atoms with E-state index in [1.807, 2.05) is 18.2 Å². The van der Waals surface area contributed by atoms with Crippen LogP contribution in [0.2, 0.25) is 0 Å². The first-order chi connectivity index (χ1) is 7.75. The van der Waals surface area contributed by atoms with Gasteiger partial charge in [-0.15, -0.1) is 11.5 Å². The molecule has 0 amide bonds. The van der Waals surface area contributed by atoms with Crippen LogP contribution in [-0.4, -0.2) is 7.11 Å². The highest BCUT2D eigenvalue weighted by Gasteiger charge is 2.35. The molecule has 1 aliphatic rings. The zero-order valence-electron chi connectivity index (χ0n) is 9.40. The average molecular weight is 217 g/mol. The van der Waals surface area contributed by atoms with E-state index in [2.05, 4.69) is 11.8 Å². The zero-order valence-corrected chi connectivity index (χ0v) is 9.40. The van der Waals surface area contributed by atoms with Crippen LogP contribution in [0.25, 0.3) is 0 Å². The number of nitroso groups, excluding NO2 is 1. The molecule has 84 valence electrons. The standard InChI is InChI=1S/C13H15NO2/c1-3-13(14-15)8-4-5-10-6-7-11(16-2)9-12(10)13/h3,6-7,9H,1,4-5,8H2,2H3. The topological polar surface area (TPSA) is 38.7 Å². The van der Waals surface area contributed by atoms with Gasteiger partial charge < -0.3 is 4.74 Å². The fraction of sp³-hybridized carbons (Fsp3) is 0.385. The van der Waals surface area contributed by atoms with Crippen LogP contribution < -0.4 is 4.74 Å². The van der Waals surface area contributed by atoms with Gasteiger partial charge in [-0.05, 0) is 42.5 Å². The fourth-order valence-electron chi connectivity index (χ4n) is 2.33. The van der Waals surface area contributed by atoms with E-state index in [1.54, 1.807) is 13.2 Å². The Bertz CT molecular complexity index is 418. The summed E-state index contributed by atoms with van der Waals surface area (Å²) < 4.78 is 5.18. The minimum Gasteiger partial charge on any atom is -0.497 e. The van der Waals surface area contributed by atoms with Gasteiger partial charge in [0, 0.05) is 0 Å². The smallest absolute Gasteiger partial charge is 0.146 e. The summed E-state index contributed by atoms with van der Waals surface area (Å²) >= 11 is 0. The van der Waals surface area contributed by atoms with E-state index in [1.165, 1.54) is 5.56 Å². The lowest BCUT2D eigenvalue weighted by Crippen LogP contribution is -2.26. The van der Waals surface area contributed by atoms with Gasteiger partial charge >= 0.3 is 0 Å². The molecule has 16 heavy (non-hydrogen) atoms. The quantitative estimate of drug-likeness (QED) is 0.576. The van der Waals surface area contributed by atoms with Crippen molar-refractivity contribution >= 4 is 0 Å². The molecule has 0 spiro atoms. The molecule has 1 unspecified atom stereocenters. The lowest BCUT2D eigenvalue weighted by molar-refractivity contribution is 0.407. The average Bonchev–Trinajstić information content (AvgIpc) is 2.37. The van der Waals surface area contributed by atoms with Gasteiger partial charge in [0.25, 0.3) is 0 Å². The molecule has 0 fully saturated rings. The molecular weight excluding hydrogens is 202 g/mol. The number of ether oxygens (including phenoxy) is 1. The lowest BCUT2D eigenvalue weighted by atomic mass is 9.77. The van der Waals surface area contributed by atoms with Crippen LogP contribution in [0.15, 0.2) is 36.0 Å². The van der Waals surface area contributed by atoms with E-state index < -0.39 is 5.54 Å². The van der Waals surface area contributed by atoms with Crippen molar-refractivity contribution in [2.24, 2.45) is 5.18 Å². The third kappa shape index (κ3) is 1.52. The van der Waals surface area contributed by atoms with Crippen molar-refractivity contribution in [1.29, 1.82) is 0 Å². The number of nitrogens with zero attached hydrogens (tertiary/aromatic N) is 1. The summed E-state index contributed by atoms with van der Waals surface area (Å²) in [5.74, 6) is 0.760. The summed E-state index contributed by atoms with van der Waals surface area (Å²) in [7, 11) is 1.62. The van der Waals surface area contributed by atoms with Gasteiger partial charge in [0.15, 0.2) is 0 Å². The van der Waals surface area contributed by atoms with Crippen molar-refractivity contribution in [3.8, 4) is 5.75 Å². The van der Waals surface area contributed by atoms with Crippen LogP contribution >= 0.6 is 0 Å². The third-order valence-corrected chi connectivity index (χ3v) is 3.29. The van der Waals surface area contributed by atoms with Crippen LogP contribution in [0, 0.1) is 4.91 Å². The Kier molecular flexibility index (Phi) is 2.77. The van der Waals surface area contributed by atoms with Crippen molar-refractivity contribution in [2.75, 3.05) is 7.11 Å². The van der Waals surface area contributed by atoms with Gasteiger partial charge in [0.1, 0.15) is 11.3 Å². The largest absolute Gasteiger partial charge is 0.497 e. The fourth-order valence-corrected chi connectivity index (χ4v) is 2.33. The molecule has 0 aromatic heterocycles. The number of aryl methyl sites for hydroxylation is 1. The molecule has 0 radical (unpaired) electrons. The molecule has 0 saturated carbocycles. The summed E-state index contributed by atoms with van der Waals surface area (Å²) in [4.78, 5) is 11.1. The Morgan fingerprint density at radius 2 is 2.38 bits per heavy atom. The van der Waals surface area contributed by atoms with Crippen molar-refractivity contribution in [2.45, 2.75) is 24.8 Å². The van der Waals surface area contributed by atoms with Crippen LogP contribution in [0.5, 0.6) is 5.75 Å². The van der Waals surface area contributed by atoms with E-state index in [0.29, 0.717) is 0 Å². The number of hydrogen-bond acceptors (Lipinski definition) is 3. The molecular formula is C13H15NO2. The number of rotatable bonds is 3. The number of methoxy groups -OCH3 is 1. The molecule has 0 saturated heterocycles. The van der Waals surface area contributed by atoms with Crippen molar-refractivity contribution in [3.63, 3.8) is 0 Å².